The summed E-state index contributed by atoms with van der Waals surface area (Å²) in [5, 5.41) is 1.35. The molecule has 0 aliphatic heterocycles. The standard InChI is InChI=1S/C17H25N3/c1-20(17-9-5-2-6-13(17)10-18)12-14-11-19-16-8-4-3-7-15(14)16/h3-4,7-8,11,13,17,19H,2,5-6,9-10,12,18H2,1H3. The lowest BCUT2D eigenvalue weighted by atomic mass is 9.83. The number of nitrogens with two attached hydrogens (primary N) is 1. The summed E-state index contributed by atoms with van der Waals surface area (Å²) in [7, 11) is 2.25. The van der Waals surface area contributed by atoms with Crippen LogP contribution < -0.4 is 5.73 Å². The molecule has 108 valence electrons. The number of H-pyrrole nitrogens is 1. The molecule has 2 unspecified atom stereocenters. The molecule has 1 fully saturated rings. The maximum Gasteiger partial charge on any atom is 0.0457 e. The Bertz CT molecular complexity index is 560. The van der Waals surface area contributed by atoms with E-state index in [4.69, 9.17) is 5.73 Å². The van der Waals surface area contributed by atoms with Gasteiger partial charge < -0.3 is 10.7 Å². The van der Waals surface area contributed by atoms with Crippen LogP contribution in [0.1, 0.15) is 31.2 Å². The van der Waals surface area contributed by atoms with Crippen LogP contribution in [0.3, 0.4) is 0 Å². The summed E-state index contributed by atoms with van der Waals surface area (Å²) < 4.78 is 0. The largest absolute Gasteiger partial charge is 0.361 e. The second-order valence-electron chi connectivity index (χ2n) is 6.12. The number of hydrogen-bond donors (Lipinski definition) is 2. The number of nitrogens with zero attached hydrogens (tertiary/aromatic N) is 1. The molecule has 20 heavy (non-hydrogen) atoms. The molecule has 1 saturated carbocycles. The van der Waals surface area contributed by atoms with E-state index < -0.39 is 0 Å². The topological polar surface area (TPSA) is 45.0 Å². The minimum Gasteiger partial charge on any atom is -0.361 e. The quantitative estimate of drug-likeness (QED) is 0.897. The molecular weight excluding hydrogens is 246 g/mol. The van der Waals surface area contributed by atoms with E-state index in [1.165, 1.54) is 42.1 Å². The smallest absolute Gasteiger partial charge is 0.0457 e. The maximum atomic E-state index is 5.96. The van der Waals surface area contributed by atoms with E-state index in [1.807, 2.05) is 0 Å². The molecule has 1 aliphatic rings. The lowest BCUT2D eigenvalue weighted by molar-refractivity contribution is 0.128. The predicted molar refractivity (Wildman–Crippen MR) is 84.6 cm³/mol. The first-order valence-electron chi connectivity index (χ1n) is 7.75. The minimum atomic E-state index is 0.641. The SMILES string of the molecule is CN(Cc1c[nH]c2ccccc12)C1CCCCC1CN. The van der Waals surface area contributed by atoms with Gasteiger partial charge in [0.1, 0.15) is 0 Å². The number of fused-ring (bicyclic) bond motifs is 1. The molecule has 1 aromatic heterocycles. The van der Waals surface area contributed by atoms with Crippen LogP contribution in [0.2, 0.25) is 0 Å². The Labute approximate surface area is 121 Å². The van der Waals surface area contributed by atoms with E-state index >= 15 is 0 Å². The average Bonchev–Trinajstić information content (AvgIpc) is 2.90. The van der Waals surface area contributed by atoms with Crippen molar-refractivity contribution in [3.63, 3.8) is 0 Å². The Balaban J connectivity index is 1.76. The summed E-state index contributed by atoms with van der Waals surface area (Å²) in [6, 6.07) is 9.18. The molecule has 3 rings (SSSR count). The molecule has 0 saturated heterocycles. The fraction of sp³-hybridized carbons (Fsp3) is 0.529. The number of nitrogens with one attached hydrogen (secondary N) is 1. The summed E-state index contributed by atoms with van der Waals surface area (Å²) in [5.74, 6) is 0.666. The Morgan fingerprint density at radius 2 is 2.05 bits per heavy atom. The Morgan fingerprint density at radius 3 is 2.90 bits per heavy atom. The van der Waals surface area contributed by atoms with Gasteiger partial charge in [0.15, 0.2) is 0 Å². The van der Waals surface area contributed by atoms with Gasteiger partial charge in [0, 0.05) is 29.7 Å². The third-order valence-corrected chi connectivity index (χ3v) is 4.83. The van der Waals surface area contributed by atoms with Crippen LogP contribution in [0.15, 0.2) is 30.5 Å². The molecule has 1 heterocycles. The van der Waals surface area contributed by atoms with Crippen molar-refractivity contribution in [1.82, 2.24) is 9.88 Å². The molecule has 0 radical (unpaired) electrons. The number of aromatic amines is 1. The van der Waals surface area contributed by atoms with Gasteiger partial charge in [-0.2, -0.15) is 0 Å². The highest BCUT2D eigenvalue weighted by Crippen LogP contribution is 2.29. The van der Waals surface area contributed by atoms with Gasteiger partial charge in [-0.1, -0.05) is 31.0 Å². The van der Waals surface area contributed by atoms with Crippen LogP contribution in [0, 0.1) is 5.92 Å². The molecule has 1 aliphatic carbocycles. The first-order chi connectivity index (χ1) is 9.79. The van der Waals surface area contributed by atoms with Crippen LogP contribution in [-0.4, -0.2) is 29.5 Å². The van der Waals surface area contributed by atoms with Crippen LogP contribution in [0.4, 0.5) is 0 Å². The van der Waals surface area contributed by atoms with Gasteiger partial charge in [0.25, 0.3) is 0 Å². The molecule has 3 heteroatoms. The van der Waals surface area contributed by atoms with E-state index in [-0.39, 0.29) is 0 Å². The molecule has 3 nitrogen and oxygen atoms in total. The number of para-hydroxylation sites is 1. The number of hydrogen-bond acceptors (Lipinski definition) is 2. The predicted octanol–water partition coefficient (Wildman–Crippen LogP) is 3.12. The molecule has 0 spiro atoms. The van der Waals surface area contributed by atoms with Gasteiger partial charge in [-0.05, 0) is 44.0 Å². The zero-order valence-electron chi connectivity index (χ0n) is 12.3. The zero-order valence-corrected chi connectivity index (χ0v) is 12.3. The fourth-order valence-electron chi connectivity index (χ4n) is 3.69. The van der Waals surface area contributed by atoms with E-state index in [0.29, 0.717) is 12.0 Å². The van der Waals surface area contributed by atoms with E-state index in [2.05, 4.69) is 47.4 Å². The second kappa shape index (κ2) is 5.98. The van der Waals surface area contributed by atoms with Crippen molar-refractivity contribution in [1.29, 1.82) is 0 Å². The van der Waals surface area contributed by atoms with Gasteiger partial charge in [0.2, 0.25) is 0 Å². The molecule has 2 atom stereocenters. The molecular formula is C17H25N3. The summed E-state index contributed by atoms with van der Waals surface area (Å²) >= 11 is 0. The van der Waals surface area contributed by atoms with Crippen LogP contribution in [0.25, 0.3) is 10.9 Å². The molecule has 2 aromatic rings. The van der Waals surface area contributed by atoms with Crippen molar-refractivity contribution in [3.8, 4) is 0 Å². The van der Waals surface area contributed by atoms with Gasteiger partial charge in [-0.15, -0.1) is 0 Å². The van der Waals surface area contributed by atoms with Gasteiger partial charge >= 0.3 is 0 Å². The highest BCUT2D eigenvalue weighted by Gasteiger charge is 2.27. The van der Waals surface area contributed by atoms with Crippen molar-refractivity contribution in [2.75, 3.05) is 13.6 Å². The van der Waals surface area contributed by atoms with Crippen LogP contribution in [0.5, 0.6) is 0 Å². The van der Waals surface area contributed by atoms with E-state index in [0.717, 1.165) is 13.1 Å². The van der Waals surface area contributed by atoms with Crippen LogP contribution >= 0.6 is 0 Å². The third kappa shape index (κ3) is 2.60. The maximum absolute atomic E-state index is 5.96. The molecule has 3 N–H and O–H groups in total. The average molecular weight is 271 g/mol. The summed E-state index contributed by atoms with van der Waals surface area (Å²) in [6.45, 7) is 1.83. The first-order valence-corrected chi connectivity index (χ1v) is 7.75. The highest BCUT2D eigenvalue weighted by molar-refractivity contribution is 5.82. The van der Waals surface area contributed by atoms with Crippen molar-refractivity contribution < 1.29 is 0 Å². The van der Waals surface area contributed by atoms with Crippen molar-refractivity contribution in [3.05, 3.63) is 36.0 Å². The Kier molecular flexibility index (Phi) is 4.08. The Hall–Kier alpha value is -1.32. The van der Waals surface area contributed by atoms with Gasteiger partial charge in [-0.3, -0.25) is 4.90 Å². The highest BCUT2D eigenvalue weighted by atomic mass is 15.1. The number of benzene rings is 1. The van der Waals surface area contributed by atoms with Crippen molar-refractivity contribution in [2.24, 2.45) is 11.7 Å². The number of aromatic nitrogens is 1. The van der Waals surface area contributed by atoms with Gasteiger partial charge in [0.05, 0.1) is 0 Å². The minimum absolute atomic E-state index is 0.641. The monoisotopic (exact) mass is 271 g/mol. The summed E-state index contributed by atoms with van der Waals surface area (Å²) in [5.41, 5.74) is 8.59. The molecule has 0 bridgehead atoms. The fourth-order valence-corrected chi connectivity index (χ4v) is 3.69. The molecule has 0 amide bonds. The first kappa shape index (κ1) is 13.7. The third-order valence-electron chi connectivity index (χ3n) is 4.83. The Morgan fingerprint density at radius 1 is 1.25 bits per heavy atom. The van der Waals surface area contributed by atoms with Crippen molar-refractivity contribution >= 4 is 10.9 Å². The van der Waals surface area contributed by atoms with Gasteiger partial charge in [-0.25, -0.2) is 0 Å². The lowest BCUT2D eigenvalue weighted by Gasteiger charge is -2.37. The van der Waals surface area contributed by atoms with E-state index in [9.17, 15) is 0 Å². The zero-order chi connectivity index (χ0) is 13.9. The molecule has 1 aromatic carbocycles. The van der Waals surface area contributed by atoms with Crippen molar-refractivity contribution in [2.45, 2.75) is 38.3 Å². The second-order valence-corrected chi connectivity index (χ2v) is 6.12. The lowest BCUT2D eigenvalue weighted by Crippen LogP contribution is -2.42. The summed E-state index contributed by atoms with van der Waals surface area (Å²) in [6.07, 6.45) is 7.43. The summed E-state index contributed by atoms with van der Waals surface area (Å²) in [4.78, 5) is 5.88. The number of rotatable bonds is 4. The van der Waals surface area contributed by atoms with E-state index in [1.54, 1.807) is 0 Å². The van der Waals surface area contributed by atoms with Crippen LogP contribution in [-0.2, 0) is 6.54 Å². The normalized spacial score (nSPS) is 23.6.